The van der Waals surface area contributed by atoms with Gasteiger partial charge in [-0.2, -0.15) is 0 Å². The molecule has 0 aromatic heterocycles. The van der Waals surface area contributed by atoms with Crippen molar-refractivity contribution in [1.29, 1.82) is 0 Å². The van der Waals surface area contributed by atoms with E-state index >= 15 is 0 Å². The summed E-state index contributed by atoms with van der Waals surface area (Å²) >= 11 is 0. The lowest BCUT2D eigenvalue weighted by Gasteiger charge is -1.73. The van der Waals surface area contributed by atoms with E-state index in [-0.39, 0.29) is 0 Å². The zero-order chi connectivity index (χ0) is 5.54. The fourth-order valence-corrected chi connectivity index (χ4v) is 0.351. The van der Waals surface area contributed by atoms with E-state index in [9.17, 15) is 0 Å². The van der Waals surface area contributed by atoms with Crippen LogP contribution in [0.1, 0.15) is 20.3 Å². The Balaban J connectivity index is 2.98. The number of rotatable bonds is 2. The van der Waals surface area contributed by atoms with Crippen molar-refractivity contribution >= 4 is 0 Å². The summed E-state index contributed by atoms with van der Waals surface area (Å²) in [6, 6.07) is 0. The second-order valence-corrected chi connectivity index (χ2v) is 1.37. The third kappa shape index (κ3) is 5.48. The van der Waals surface area contributed by atoms with Crippen LogP contribution in [0.3, 0.4) is 0 Å². The minimum Gasteiger partial charge on any atom is -0.0914 e. The van der Waals surface area contributed by atoms with Crippen LogP contribution < -0.4 is 0 Å². The molecular formula is C7H12. The molecule has 7 heavy (non-hydrogen) atoms. The Hall–Kier alpha value is -0.520. The molecule has 0 aliphatic heterocycles. The summed E-state index contributed by atoms with van der Waals surface area (Å²) in [4.78, 5) is 0. The summed E-state index contributed by atoms with van der Waals surface area (Å²) in [5.41, 5.74) is 0. The summed E-state index contributed by atoms with van der Waals surface area (Å²) in [7, 11) is 0. The Morgan fingerprint density at radius 3 is 1.71 bits per heavy atom. The minimum atomic E-state index is 1.08. The predicted molar refractivity (Wildman–Crippen MR) is 34.2 cm³/mol. The smallest absolute Gasteiger partial charge is 0.0169 e. The topological polar surface area (TPSA) is 0 Å². The molecule has 0 N–H and O–H groups in total. The SMILES string of the molecule is C/C=C/C/C=C/C. The Bertz CT molecular complexity index is 58.1. The normalized spacial score (nSPS) is 11.7. The van der Waals surface area contributed by atoms with Gasteiger partial charge in [0.2, 0.25) is 0 Å². The zero-order valence-electron chi connectivity index (χ0n) is 5.02. The third-order valence-electron chi connectivity index (χ3n) is 0.744. The van der Waals surface area contributed by atoms with Gasteiger partial charge in [-0.05, 0) is 20.3 Å². The Labute approximate surface area is 45.5 Å². The first kappa shape index (κ1) is 6.48. The molecule has 0 aromatic rings. The molecule has 0 heterocycles. The molecular weight excluding hydrogens is 84.1 g/mol. The summed E-state index contributed by atoms with van der Waals surface area (Å²) in [6.45, 7) is 4.06. The first-order valence-electron chi connectivity index (χ1n) is 2.64. The first-order chi connectivity index (χ1) is 3.41. The van der Waals surface area contributed by atoms with Gasteiger partial charge in [0.05, 0.1) is 0 Å². The highest BCUT2D eigenvalue weighted by Crippen LogP contribution is 1.82. The van der Waals surface area contributed by atoms with Crippen molar-refractivity contribution in [1.82, 2.24) is 0 Å². The molecule has 0 aliphatic rings. The van der Waals surface area contributed by atoms with Gasteiger partial charge in [0, 0.05) is 0 Å². The average molecular weight is 96.2 g/mol. The molecule has 0 heteroatoms. The zero-order valence-corrected chi connectivity index (χ0v) is 5.02. The molecule has 0 rings (SSSR count). The van der Waals surface area contributed by atoms with Gasteiger partial charge in [-0.25, -0.2) is 0 Å². The van der Waals surface area contributed by atoms with Gasteiger partial charge in [-0.1, -0.05) is 24.3 Å². The van der Waals surface area contributed by atoms with Gasteiger partial charge >= 0.3 is 0 Å². The van der Waals surface area contributed by atoms with Crippen LogP contribution in [-0.2, 0) is 0 Å². The van der Waals surface area contributed by atoms with Gasteiger partial charge in [0.15, 0.2) is 0 Å². The molecule has 40 valence electrons. The molecule has 0 saturated carbocycles. The van der Waals surface area contributed by atoms with E-state index in [1.165, 1.54) is 0 Å². The van der Waals surface area contributed by atoms with E-state index in [1.54, 1.807) is 0 Å². The largest absolute Gasteiger partial charge is 0.0914 e. The Kier molecular flexibility index (Phi) is 5.07. The lowest BCUT2D eigenvalue weighted by molar-refractivity contribution is 1.36. The summed E-state index contributed by atoms with van der Waals surface area (Å²) in [6.07, 6.45) is 9.44. The maximum absolute atomic E-state index is 2.12. The quantitative estimate of drug-likeness (QED) is 0.463. The first-order valence-corrected chi connectivity index (χ1v) is 2.64. The predicted octanol–water partition coefficient (Wildman–Crippen LogP) is 2.53. The second kappa shape index (κ2) is 5.48. The molecule has 0 bridgehead atoms. The van der Waals surface area contributed by atoms with Crippen LogP contribution in [0.5, 0.6) is 0 Å². The van der Waals surface area contributed by atoms with E-state index in [4.69, 9.17) is 0 Å². The molecule has 0 aromatic carbocycles. The molecule has 0 amide bonds. The lowest BCUT2D eigenvalue weighted by Crippen LogP contribution is -1.52. The molecule has 0 atom stereocenters. The van der Waals surface area contributed by atoms with Crippen molar-refractivity contribution in [3.8, 4) is 0 Å². The lowest BCUT2D eigenvalue weighted by atomic mass is 10.3. The van der Waals surface area contributed by atoms with E-state index in [2.05, 4.69) is 24.3 Å². The van der Waals surface area contributed by atoms with Crippen LogP contribution in [0.25, 0.3) is 0 Å². The van der Waals surface area contributed by atoms with Crippen molar-refractivity contribution in [2.45, 2.75) is 20.3 Å². The molecule has 0 radical (unpaired) electrons. The van der Waals surface area contributed by atoms with E-state index in [0.29, 0.717) is 0 Å². The van der Waals surface area contributed by atoms with Crippen molar-refractivity contribution in [3.05, 3.63) is 24.3 Å². The maximum atomic E-state index is 2.12. The average Bonchev–Trinajstić information content (AvgIpc) is 1.69. The molecule has 0 unspecified atom stereocenters. The fraction of sp³-hybridized carbons (Fsp3) is 0.429. The van der Waals surface area contributed by atoms with Gasteiger partial charge in [0.25, 0.3) is 0 Å². The van der Waals surface area contributed by atoms with Crippen LogP contribution >= 0.6 is 0 Å². The summed E-state index contributed by atoms with van der Waals surface area (Å²) in [5.74, 6) is 0. The van der Waals surface area contributed by atoms with Crippen molar-refractivity contribution in [2.75, 3.05) is 0 Å². The highest BCUT2D eigenvalue weighted by atomic mass is 13.7. The fourth-order valence-electron chi connectivity index (χ4n) is 0.351. The number of allylic oxidation sites excluding steroid dienone is 4. The third-order valence-corrected chi connectivity index (χ3v) is 0.744. The molecule has 0 fully saturated rings. The molecule has 0 aliphatic carbocycles. The maximum Gasteiger partial charge on any atom is -0.0169 e. The van der Waals surface area contributed by atoms with Crippen molar-refractivity contribution in [2.24, 2.45) is 0 Å². The Morgan fingerprint density at radius 1 is 1.00 bits per heavy atom. The van der Waals surface area contributed by atoms with Crippen molar-refractivity contribution in [3.63, 3.8) is 0 Å². The van der Waals surface area contributed by atoms with E-state index in [1.807, 2.05) is 13.8 Å². The van der Waals surface area contributed by atoms with Gasteiger partial charge in [-0.15, -0.1) is 0 Å². The molecule has 0 saturated heterocycles. The van der Waals surface area contributed by atoms with Crippen LogP contribution in [0.4, 0.5) is 0 Å². The highest BCUT2D eigenvalue weighted by Gasteiger charge is 1.61. The summed E-state index contributed by atoms with van der Waals surface area (Å²) in [5, 5.41) is 0. The number of hydrogen-bond acceptors (Lipinski definition) is 0. The van der Waals surface area contributed by atoms with Gasteiger partial charge in [0.1, 0.15) is 0 Å². The van der Waals surface area contributed by atoms with E-state index < -0.39 is 0 Å². The minimum absolute atomic E-state index is 1.08. The standard InChI is InChI=1S/C7H12/c1-3-5-7-6-4-2/h3-6H,7H2,1-2H3/b5-3+,6-4+. The second-order valence-electron chi connectivity index (χ2n) is 1.37. The van der Waals surface area contributed by atoms with Crippen LogP contribution in [0.15, 0.2) is 24.3 Å². The summed E-state index contributed by atoms with van der Waals surface area (Å²) < 4.78 is 0. The van der Waals surface area contributed by atoms with Crippen LogP contribution in [0.2, 0.25) is 0 Å². The molecule has 0 spiro atoms. The van der Waals surface area contributed by atoms with Gasteiger partial charge < -0.3 is 0 Å². The number of hydrogen-bond donors (Lipinski definition) is 0. The highest BCUT2D eigenvalue weighted by molar-refractivity contribution is 4.88. The Morgan fingerprint density at radius 2 is 1.43 bits per heavy atom. The molecule has 0 nitrogen and oxygen atoms in total. The van der Waals surface area contributed by atoms with Crippen LogP contribution in [0, 0.1) is 0 Å². The van der Waals surface area contributed by atoms with Crippen molar-refractivity contribution < 1.29 is 0 Å². The van der Waals surface area contributed by atoms with Gasteiger partial charge in [-0.3, -0.25) is 0 Å². The monoisotopic (exact) mass is 96.1 g/mol. The van der Waals surface area contributed by atoms with E-state index in [0.717, 1.165) is 6.42 Å². The van der Waals surface area contributed by atoms with Crippen LogP contribution in [-0.4, -0.2) is 0 Å².